The number of likely N-dealkylation sites (tertiary alicyclic amines) is 1. The molecule has 35 heavy (non-hydrogen) atoms. The van der Waals surface area contributed by atoms with E-state index in [1.807, 2.05) is 19.1 Å². The molecule has 1 aliphatic heterocycles. The summed E-state index contributed by atoms with van der Waals surface area (Å²) in [6, 6.07) is 10.4. The van der Waals surface area contributed by atoms with Crippen molar-refractivity contribution >= 4 is 5.91 Å². The molecule has 5 rings (SSSR count). The zero-order chi connectivity index (χ0) is 24.6. The van der Waals surface area contributed by atoms with Gasteiger partial charge < -0.3 is 14.2 Å². The van der Waals surface area contributed by atoms with Crippen molar-refractivity contribution in [3.8, 4) is 22.8 Å². The summed E-state index contributed by atoms with van der Waals surface area (Å²) in [4.78, 5) is 20.9. The predicted octanol–water partition coefficient (Wildman–Crippen LogP) is 4.50. The molecule has 1 atom stereocenters. The molecule has 0 N–H and O–H groups in total. The first-order valence-corrected chi connectivity index (χ1v) is 10.8. The highest BCUT2D eigenvalue weighted by molar-refractivity contribution is 5.98. The lowest BCUT2D eigenvalue weighted by Crippen LogP contribution is -2.31. The van der Waals surface area contributed by atoms with Gasteiger partial charge in [0.1, 0.15) is 11.8 Å². The first-order valence-electron chi connectivity index (χ1n) is 10.8. The SMILES string of the molecule is Cc1ccc(C(=O)N2CCC[C@H]2c2nc(-c3ccccc3OC(F)(F)F)no2)c(-n2nccn2)c1. The molecule has 0 saturated carbocycles. The van der Waals surface area contributed by atoms with Crippen molar-refractivity contribution in [1.82, 2.24) is 30.0 Å². The van der Waals surface area contributed by atoms with E-state index in [1.165, 1.54) is 35.4 Å². The first kappa shape index (κ1) is 22.6. The third-order valence-corrected chi connectivity index (χ3v) is 5.61. The Kier molecular flexibility index (Phi) is 5.71. The Morgan fingerprint density at radius 2 is 1.91 bits per heavy atom. The van der Waals surface area contributed by atoms with Crippen LogP contribution in [0.25, 0.3) is 17.1 Å². The van der Waals surface area contributed by atoms with Gasteiger partial charge in [0.25, 0.3) is 5.91 Å². The van der Waals surface area contributed by atoms with E-state index in [9.17, 15) is 18.0 Å². The highest BCUT2D eigenvalue weighted by atomic mass is 19.4. The van der Waals surface area contributed by atoms with Crippen LogP contribution in [0.4, 0.5) is 13.2 Å². The summed E-state index contributed by atoms with van der Waals surface area (Å²) in [5.74, 6) is -0.627. The van der Waals surface area contributed by atoms with Crippen LogP contribution >= 0.6 is 0 Å². The van der Waals surface area contributed by atoms with Crippen molar-refractivity contribution in [1.29, 1.82) is 0 Å². The molecule has 4 aromatic rings. The minimum Gasteiger partial charge on any atom is -0.405 e. The van der Waals surface area contributed by atoms with Crippen LogP contribution in [0.2, 0.25) is 0 Å². The van der Waals surface area contributed by atoms with Gasteiger partial charge in [-0.2, -0.15) is 20.0 Å². The number of carbonyl (C=O) groups excluding carboxylic acids is 1. The average molecular weight is 484 g/mol. The maximum atomic E-state index is 13.6. The largest absolute Gasteiger partial charge is 0.573 e. The molecule has 3 heterocycles. The van der Waals surface area contributed by atoms with Crippen LogP contribution < -0.4 is 4.74 Å². The number of aryl methyl sites for hydroxylation is 1. The lowest BCUT2D eigenvalue weighted by Gasteiger charge is -2.23. The second-order valence-corrected chi connectivity index (χ2v) is 8.00. The molecular formula is C23H19F3N6O3. The minimum atomic E-state index is -4.87. The fraction of sp³-hybridized carbons (Fsp3) is 0.261. The molecule has 0 spiro atoms. The molecular weight excluding hydrogens is 465 g/mol. The number of amides is 1. The van der Waals surface area contributed by atoms with E-state index in [0.717, 1.165) is 5.56 Å². The molecule has 180 valence electrons. The summed E-state index contributed by atoms with van der Waals surface area (Å²) < 4.78 is 47.9. The van der Waals surface area contributed by atoms with Gasteiger partial charge in [-0.25, -0.2) is 0 Å². The molecule has 1 aliphatic rings. The monoisotopic (exact) mass is 484 g/mol. The van der Waals surface area contributed by atoms with Crippen molar-refractivity contribution < 1.29 is 27.2 Å². The average Bonchev–Trinajstić information content (AvgIpc) is 3.59. The van der Waals surface area contributed by atoms with Gasteiger partial charge in [-0.1, -0.05) is 23.4 Å². The summed E-state index contributed by atoms with van der Waals surface area (Å²) in [5, 5.41) is 12.2. The lowest BCUT2D eigenvalue weighted by molar-refractivity contribution is -0.274. The standard InChI is InChI=1S/C23H19F3N6O3/c1-14-8-9-15(18(13-14)32-27-10-11-28-32)22(33)31-12-4-6-17(31)21-29-20(30-35-21)16-5-2-3-7-19(16)34-23(24,25)26/h2-3,5,7-11,13,17H,4,6,12H2,1H3/t17-/m0/s1. The zero-order valence-corrected chi connectivity index (χ0v) is 18.4. The lowest BCUT2D eigenvalue weighted by atomic mass is 10.1. The van der Waals surface area contributed by atoms with Gasteiger partial charge >= 0.3 is 6.36 Å². The van der Waals surface area contributed by atoms with Crippen LogP contribution in [0.15, 0.2) is 59.4 Å². The first-order chi connectivity index (χ1) is 16.8. The van der Waals surface area contributed by atoms with E-state index in [0.29, 0.717) is 30.6 Å². The number of hydrogen-bond donors (Lipinski definition) is 0. The van der Waals surface area contributed by atoms with Crippen molar-refractivity contribution in [2.24, 2.45) is 0 Å². The fourth-order valence-electron chi connectivity index (χ4n) is 4.09. The molecule has 0 bridgehead atoms. The third kappa shape index (κ3) is 4.59. The number of hydrogen-bond acceptors (Lipinski definition) is 7. The van der Waals surface area contributed by atoms with Crippen molar-refractivity contribution in [2.75, 3.05) is 6.54 Å². The van der Waals surface area contributed by atoms with E-state index in [1.54, 1.807) is 17.0 Å². The molecule has 0 radical (unpaired) electrons. The molecule has 0 aliphatic carbocycles. The Hall–Kier alpha value is -4.22. The Balaban J connectivity index is 1.45. The normalized spacial score (nSPS) is 16.0. The van der Waals surface area contributed by atoms with Crippen LogP contribution in [0.1, 0.15) is 40.7 Å². The Morgan fingerprint density at radius 1 is 1.14 bits per heavy atom. The van der Waals surface area contributed by atoms with Crippen LogP contribution in [-0.4, -0.2) is 48.8 Å². The van der Waals surface area contributed by atoms with Gasteiger partial charge in [0.15, 0.2) is 0 Å². The molecule has 0 unspecified atom stereocenters. The zero-order valence-electron chi connectivity index (χ0n) is 18.4. The highest BCUT2D eigenvalue weighted by Gasteiger charge is 2.37. The number of ether oxygens (including phenoxy) is 1. The quantitative estimate of drug-likeness (QED) is 0.411. The summed E-state index contributed by atoms with van der Waals surface area (Å²) >= 11 is 0. The third-order valence-electron chi connectivity index (χ3n) is 5.61. The fourth-order valence-corrected chi connectivity index (χ4v) is 4.09. The van der Waals surface area contributed by atoms with E-state index in [4.69, 9.17) is 4.52 Å². The minimum absolute atomic E-state index is 0.0290. The topological polar surface area (TPSA) is 99.2 Å². The second kappa shape index (κ2) is 8.85. The number of rotatable bonds is 5. The van der Waals surface area contributed by atoms with Crippen LogP contribution in [0, 0.1) is 6.92 Å². The number of alkyl halides is 3. The van der Waals surface area contributed by atoms with E-state index < -0.39 is 18.2 Å². The van der Waals surface area contributed by atoms with E-state index >= 15 is 0 Å². The second-order valence-electron chi connectivity index (χ2n) is 8.00. The number of benzene rings is 2. The number of halogens is 3. The molecule has 9 nitrogen and oxygen atoms in total. The summed E-state index contributed by atoms with van der Waals surface area (Å²) in [6.07, 6.45) is -0.560. The summed E-state index contributed by atoms with van der Waals surface area (Å²) in [5.41, 5.74) is 1.91. The van der Waals surface area contributed by atoms with Crippen molar-refractivity contribution in [2.45, 2.75) is 32.2 Å². The van der Waals surface area contributed by atoms with Gasteiger partial charge in [-0.3, -0.25) is 4.79 Å². The molecule has 2 aromatic heterocycles. The summed E-state index contributed by atoms with van der Waals surface area (Å²) in [7, 11) is 0. The Bertz CT molecular complexity index is 1350. The Labute approximate surface area is 197 Å². The molecule has 1 saturated heterocycles. The van der Waals surface area contributed by atoms with Gasteiger partial charge in [0.05, 0.1) is 29.2 Å². The smallest absolute Gasteiger partial charge is 0.405 e. The highest BCUT2D eigenvalue weighted by Crippen LogP contribution is 2.36. The molecule has 12 heteroatoms. The van der Waals surface area contributed by atoms with E-state index in [-0.39, 0.29) is 23.2 Å². The molecule has 1 amide bonds. The number of para-hydroxylation sites is 1. The number of carbonyl (C=O) groups is 1. The predicted molar refractivity (Wildman–Crippen MR) is 116 cm³/mol. The van der Waals surface area contributed by atoms with Crippen LogP contribution in [-0.2, 0) is 0 Å². The van der Waals surface area contributed by atoms with Gasteiger partial charge in [-0.15, -0.1) is 13.2 Å². The number of aromatic nitrogens is 5. The Morgan fingerprint density at radius 3 is 2.69 bits per heavy atom. The van der Waals surface area contributed by atoms with Crippen molar-refractivity contribution in [3.63, 3.8) is 0 Å². The number of nitrogens with zero attached hydrogens (tertiary/aromatic N) is 6. The maximum absolute atomic E-state index is 13.6. The summed E-state index contributed by atoms with van der Waals surface area (Å²) in [6.45, 7) is 2.36. The van der Waals surface area contributed by atoms with Crippen LogP contribution in [0.3, 0.4) is 0 Å². The van der Waals surface area contributed by atoms with Crippen molar-refractivity contribution in [3.05, 3.63) is 71.9 Å². The van der Waals surface area contributed by atoms with Gasteiger partial charge in [0, 0.05) is 6.54 Å². The molecule has 2 aromatic carbocycles. The van der Waals surface area contributed by atoms with Gasteiger partial charge in [-0.05, 0) is 49.6 Å². The maximum Gasteiger partial charge on any atom is 0.573 e. The van der Waals surface area contributed by atoms with Gasteiger partial charge in [0.2, 0.25) is 11.7 Å². The van der Waals surface area contributed by atoms with E-state index in [2.05, 4.69) is 25.1 Å². The molecule has 1 fully saturated rings. The van der Waals surface area contributed by atoms with Crippen LogP contribution in [0.5, 0.6) is 5.75 Å².